The SMILES string of the molecule is O=C(COC(=O)c1ccccc1C(=O)c1ccccc1)Nc1ccc2c(c1)OCCCO2. The van der Waals surface area contributed by atoms with Gasteiger partial charge in [0.1, 0.15) is 0 Å². The van der Waals surface area contributed by atoms with Crippen LogP contribution in [0.15, 0.2) is 72.8 Å². The summed E-state index contributed by atoms with van der Waals surface area (Å²) in [5.41, 5.74) is 1.27. The summed E-state index contributed by atoms with van der Waals surface area (Å²) in [6.07, 6.45) is 0.778. The lowest BCUT2D eigenvalue weighted by molar-refractivity contribution is -0.119. The third-order valence-electron chi connectivity index (χ3n) is 4.79. The van der Waals surface area contributed by atoms with E-state index in [9.17, 15) is 14.4 Å². The lowest BCUT2D eigenvalue weighted by Crippen LogP contribution is -2.22. The molecule has 0 aromatic heterocycles. The number of carbonyl (C=O) groups excluding carboxylic acids is 3. The first-order valence-corrected chi connectivity index (χ1v) is 10.2. The van der Waals surface area contributed by atoms with Gasteiger partial charge in [-0.15, -0.1) is 0 Å². The summed E-state index contributed by atoms with van der Waals surface area (Å²) in [5, 5.41) is 2.66. The second-order valence-electron chi connectivity index (χ2n) is 7.08. The molecule has 0 unspecified atom stereocenters. The molecule has 0 saturated heterocycles. The van der Waals surface area contributed by atoms with E-state index < -0.39 is 18.5 Å². The number of anilines is 1. The first-order valence-electron chi connectivity index (χ1n) is 10.2. The Kier molecular flexibility index (Phi) is 6.46. The normalized spacial score (nSPS) is 12.4. The maximum atomic E-state index is 12.8. The van der Waals surface area contributed by atoms with Crippen molar-refractivity contribution in [3.8, 4) is 11.5 Å². The van der Waals surface area contributed by atoms with Crippen LogP contribution in [0, 0.1) is 0 Å². The van der Waals surface area contributed by atoms with Crippen molar-refractivity contribution in [2.45, 2.75) is 6.42 Å². The van der Waals surface area contributed by atoms with Gasteiger partial charge in [0.15, 0.2) is 23.9 Å². The zero-order valence-corrected chi connectivity index (χ0v) is 17.2. The highest BCUT2D eigenvalue weighted by Gasteiger charge is 2.20. The number of benzene rings is 3. The Hall–Kier alpha value is -4.13. The van der Waals surface area contributed by atoms with E-state index in [0.29, 0.717) is 36.0 Å². The number of fused-ring (bicyclic) bond motifs is 1. The van der Waals surface area contributed by atoms with Gasteiger partial charge in [0, 0.05) is 29.3 Å². The zero-order chi connectivity index (χ0) is 22.3. The molecule has 0 bridgehead atoms. The summed E-state index contributed by atoms with van der Waals surface area (Å²) in [4.78, 5) is 37.7. The Balaban J connectivity index is 1.40. The molecule has 7 heteroatoms. The van der Waals surface area contributed by atoms with E-state index in [1.807, 2.05) is 0 Å². The second-order valence-corrected chi connectivity index (χ2v) is 7.08. The molecule has 4 rings (SSSR count). The number of carbonyl (C=O) groups is 3. The van der Waals surface area contributed by atoms with Crippen molar-refractivity contribution in [3.63, 3.8) is 0 Å². The molecule has 7 nitrogen and oxygen atoms in total. The van der Waals surface area contributed by atoms with Crippen molar-refractivity contribution in [1.29, 1.82) is 0 Å². The van der Waals surface area contributed by atoms with Crippen LogP contribution in [0.4, 0.5) is 5.69 Å². The summed E-state index contributed by atoms with van der Waals surface area (Å²) < 4.78 is 16.3. The van der Waals surface area contributed by atoms with Gasteiger partial charge in [0.25, 0.3) is 5.91 Å². The third kappa shape index (κ3) is 4.95. The van der Waals surface area contributed by atoms with E-state index in [4.69, 9.17) is 14.2 Å². The topological polar surface area (TPSA) is 90.9 Å². The van der Waals surface area contributed by atoms with Crippen LogP contribution >= 0.6 is 0 Å². The number of esters is 1. The average Bonchev–Trinajstić information content (AvgIpc) is 3.07. The molecular formula is C25H21NO6. The average molecular weight is 431 g/mol. The minimum absolute atomic E-state index is 0.102. The lowest BCUT2D eigenvalue weighted by atomic mass is 9.98. The largest absolute Gasteiger partial charge is 0.490 e. The van der Waals surface area contributed by atoms with Crippen LogP contribution < -0.4 is 14.8 Å². The van der Waals surface area contributed by atoms with Crippen LogP contribution in [0.2, 0.25) is 0 Å². The maximum absolute atomic E-state index is 12.8. The standard InChI is InChI=1S/C25H21NO6/c27-23(26-18-11-12-21-22(15-18)31-14-6-13-30-21)16-32-25(29)20-10-5-4-9-19(20)24(28)17-7-2-1-3-8-17/h1-5,7-12,15H,6,13-14,16H2,(H,26,27). The lowest BCUT2D eigenvalue weighted by Gasteiger charge is -2.11. The fourth-order valence-electron chi connectivity index (χ4n) is 3.25. The van der Waals surface area contributed by atoms with Gasteiger partial charge in [0.2, 0.25) is 0 Å². The van der Waals surface area contributed by atoms with Crippen molar-refractivity contribution in [2.75, 3.05) is 25.1 Å². The number of rotatable bonds is 6. The fraction of sp³-hybridized carbons (Fsp3) is 0.160. The summed E-state index contributed by atoms with van der Waals surface area (Å²) in [6.45, 7) is 0.604. The van der Waals surface area contributed by atoms with Crippen molar-refractivity contribution in [3.05, 3.63) is 89.5 Å². The van der Waals surface area contributed by atoms with E-state index in [-0.39, 0.29) is 16.9 Å². The highest BCUT2D eigenvalue weighted by atomic mass is 16.5. The van der Waals surface area contributed by atoms with Gasteiger partial charge in [0.05, 0.1) is 18.8 Å². The number of ketones is 1. The molecule has 3 aromatic carbocycles. The number of ether oxygens (including phenoxy) is 3. The molecule has 1 aliphatic rings. The first-order chi connectivity index (χ1) is 15.6. The number of hydrogen-bond donors (Lipinski definition) is 1. The minimum atomic E-state index is -0.751. The molecule has 1 N–H and O–H groups in total. The molecule has 0 fully saturated rings. The second kappa shape index (κ2) is 9.78. The summed E-state index contributed by atoms with van der Waals surface area (Å²) in [6, 6.07) is 20.1. The molecule has 1 heterocycles. The highest BCUT2D eigenvalue weighted by molar-refractivity contribution is 6.14. The summed E-state index contributed by atoms with van der Waals surface area (Å²) in [5.74, 6) is -0.398. The third-order valence-corrected chi connectivity index (χ3v) is 4.79. The predicted molar refractivity (Wildman–Crippen MR) is 117 cm³/mol. The molecule has 0 aliphatic carbocycles. The predicted octanol–water partition coefficient (Wildman–Crippen LogP) is 3.87. The van der Waals surface area contributed by atoms with Crippen LogP contribution in [0.3, 0.4) is 0 Å². The molecule has 1 aliphatic heterocycles. The van der Waals surface area contributed by atoms with Crippen LogP contribution in [-0.4, -0.2) is 37.5 Å². The van der Waals surface area contributed by atoms with Crippen molar-refractivity contribution < 1.29 is 28.6 Å². The Bertz CT molecular complexity index is 1140. The summed E-state index contributed by atoms with van der Waals surface area (Å²) in [7, 11) is 0. The molecule has 3 aromatic rings. The quantitative estimate of drug-likeness (QED) is 0.471. The van der Waals surface area contributed by atoms with Crippen LogP contribution in [0.25, 0.3) is 0 Å². The Morgan fingerprint density at radius 2 is 1.50 bits per heavy atom. The van der Waals surface area contributed by atoms with Gasteiger partial charge in [-0.05, 0) is 18.2 Å². The van der Waals surface area contributed by atoms with Gasteiger partial charge in [-0.3, -0.25) is 9.59 Å². The van der Waals surface area contributed by atoms with Crippen molar-refractivity contribution in [2.24, 2.45) is 0 Å². The molecule has 0 spiro atoms. The summed E-state index contributed by atoms with van der Waals surface area (Å²) >= 11 is 0. The minimum Gasteiger partial charge on any atom is -0.490 e. The fourth-order valence-corrected chi connectivity index (χ4v) is 3.25. The molecule has 0 atom stereocenters. The molecule has 1 amide bonds. The van der Waals surface area contributed by atoms with Gasteiger partial charge in [-0.25, -0.2) is 4.79 Å². The van der Waals surface area contributed by atoms with Gasteiger partial charge in [-0.1, -0.05) is 48.5 Å². The molecular weight excluding hydrogens is 410 g/mol. The number of nitrogens with one attached hydrogen (secondary N) is 1. The Labute approximate surface area is 184 Å². The van der Waals surface area contributed by atoms with E-state index in [0.717, 1.165) is 6.42 Å². The molecule has 162 valence electrons. The zero-order valence-electron chi connectivity index (χ0n) is 17.2. The first kappa shape index (κ1) is 21.1. The highest BCUT2D eigenvalue weighted by Crippen LogP contribution is 2.32. The van der Waals surface area contributed by atoms with Crippen LogP contribution in [0.5, 0.6) is 11.5 Å². The van der Waals surface area contributed by atoms with E-state index in [1.165, 1.54) is 6.07 Å². The Morgan fingerprint density at radius 1 is 0.812 bits per heavy atom. The van der Waals surface area contributed by atoms with Crippen LogP contribution in [0.1, 0.15) is 32.7 Å². The molecule has 0 saturated carbocycles. The smallest absolute Gasteiger partial charge is 0.339 e. The Morgan fingerprint density at radius 3 is 2.28 bits per heavy atom. The van der Waals surface area contributed by atoms with Gasteiger partial charge in [-0.2, -0.15) is 0 Å². The number of hydrogen-bond acceptors (Lipinski definition) is 6. The van der Waals surface area contributed by atoms with Crippen LogP contribution in [-0.2, 0) is 9.53 Å². The van der Waals surface area contributed by atoms with E-state index >= 15 is 0 Å². The van der Waals surface area contributed by atoms with Gasteiger partial charge >= 0.3 is 5.97 Å². The monoisotopic (exact) mass is 431 g/mol. The molecule has 0 radical (unpaired) electrons. The van der Waals surface area contributed by atoms with Crippen molar-refractivity contribution in [1.82, 2.24) is 0 Å². The van der Waals surface area contributed by atoms with Gasteiger partial charge < -0.3 is 19.5 Å². The van der Waals surface area contributed by atoms with E-state index in [2.05, 4.69) is 5.32 Å². The maximum Gasteiger partial charge on any atom is 0.339 e. The van der Waals surface area contributed by atoms with E-state index in [1.54, 1.807) is 66.7 Å². The number of amides is 1. The van der Waals surface area contributed by atoms with Crippen molar-refractivity contribution >= 4 is 23.3 Å². The molecule has 32 heavy (non-hydrogen) atoms.